The van der Waals surface area contributed by atoms with Crippen molar-refractivity contribution < 1.29 is 0 Å². The van der Waals surface area contributed by atoms with Crippen LogP contribution in [0.5, 0.6) is 0 Å². The molecular formula is C12H15ClN2. The second-order valence-electron chi connectivity index (χ2n) is 3.73. The second kappa shape index (κ2) is 4.67. The molecule has 15 heavy (non-hydrogen) atoms. The molecule has 0 amide bonds. The van der Waals surface area contributed by atoms with Crippen LogP contribution in [0.4, 0.5) is 0 Å². The Labute approximate surface area is 94.7 Å². The van der Waals surface area contributed by atoms with Crippen molar-refractivity contribution in [1.29, 1.82) is 0 Å². The number of hydrogen-bond donors (Lipinski definition) is 1. The number of benzene rings is 1. The number of aromatic nitrogens is 2. The average molecular weight is 223 g/mol. The fraction of sp³-hybridized carbons (Fsp3) is 0.417. The van der Waals surface area contributed by atoms with Crippen LogP contribution < -0.4 is 0 Å². The number of aryl methyl sites for hydroxylation is 1. The molecule has 0 unspecified atom stereocenters. The van der Waals surface area contributed by atoms with Crippen LogP contribution in [-0.4, -0.2) is 9.97 Å². The molecule has 0 fully saturated rings. The summed E-state index contributed by atoms with van der Waals surface area (Å²) in [6.07, 6.45) is 3.52. The van der Waals surface area contributed by atoms with E-state index in [0.717, 1.165) is 23.3 Å². The Morgan fingerprint density at radius 1 is 1.40 bits per heavy atom. The highest BCUT2D eigenvalue weighted by Crippen LogP contribution is 2.19. The Balaban J connectivity index is 2.40. The summed E-state index contributed by atoms with van der Waals surface area (Å²) in [5, 5.41) is 0. The first kappa shape index (κ1) is 10.5. The standard InChI is InChI=1S/C12H15ClN2/c1-2-3-5-9-6-4-7-10-12(9)15-11(8-13)14-10/h4,6-7H,2-3,5,8H2,1H3,(H,14,15). The van der Waals surface area contributed by atoms with E-state index in [-0.39, 0.29) is 0 Å². The number of H-pyrrole nitrogens is 1. The van der Waals surface area contributed by atoms with Crippen molar-refractivity contribution in [2.75, 3.05) is 0 Å². The van der Waals surface area contributed by atoms with Gasteiger partial charge in [-0.1, -0.05) is 25.5 Å². The summed E-state index contributed by atoms with van der Waals surface area (Å²) in [6, 6.07) is 6.27. The Bertz CT molecular complexity index is 448. The number of nitrogens with one attached hydrogen (secondary N) is 1. The van der Waals surface area contributed by atoms with Gasteiger partial charge in [0.05, 0.1) is 16.9 Å². The molecule has 0 aliphatic heterocycles. The lowest BCUT2D eigenvalue weighted by Crippen LogP contribution is -1.86. The van der Waals surface area contributed by atoms with Gasteiger partial charge in [-0.25, -0.2) is 4.98 Å². The number of fused-ring (bicyclic) bond motifs is 1. The predicted octanol–water partition coefficient (Wildman–Crippen LogP) is 3.64. The van der Waals surface area contributed by atoms with Gasteiger partial charge in [0.1, 0.15) is 5.82 Å². The zero-order chi connectivity index (χ0) is 10.7. The molecule has 1 N–H and O–H groups in total. The highest BCUT2D eigenvalue weighted by atomic mass is 35.5. The molecule has 0 saturated carbocycles. The van der Waals surface area contributed by atoms with Gasteiger partial charge in [-0.05, 0) is 24.5 Å². The van der Waals surface area contributed by atoms with E-state index in [1.54, 1.807) is 0 Å². The molecule has 2 aromatic rings. The Morgan fingerprint density at radius 2 is 2.27 bits per heavy atom. The van der Waals surface area contributed by atoms with Crippen LogP contribution >= 0.6 is 11.6 Å². The summed E-state index contributed by atoms with van der Waals surface area (Å²) in [6.45, 7) is 2.20. The average Bonchev–Trinajstić information content (AvgIpc) is 2.69. The van der Waals surface area contributed by atoms with Gasteiger partial charge in [0.15, 0.2) is 0 Å². The van der Waals surface area contributed by atoms with E-state index in [4.69, 9.17) is 11.6 Å². The van der Waals surface area contributed by atoms with Crippen LogP contribution in [0.1, 0.15) is 31.2 Å². The Hall–Kier alpha value is -1.02. The number of para-hydroxylation sites is 1. The van der Waals surface area contributed by atoms with Crippen molar-refractivity contribution in [2.45, 2.75) is 32.1 Å². The third-order valence-electron chi connectivity index (χ3n) is 2.57. The van der Waals surface area contributed by atoms with Gasteiger partial charge < -0.3 is 4.98 Å². The first-order valence-corrected chi connectivity index (χ1v) is 5.91. The molecule has 1 aromatic heterocycles. The molecule has 1 heterocycles. The van der Waals surface area contributed by atoms with Gasteiger partial charge in [0, 0.05) is 0 Å². The minimum absolute atomic E-state index is 0.446. The fourth-order valence-corrected chi connectivity index (χ4v) is 1.90. The summed E-state index contributed by atoms with van der Waals surface area (Å²) in [5.74, 6) is 1.30. The maximum atomic E-state index is 5.76. The number of hydrogen-bond acceptors (Lipinski definition) is 1. The third kappa shape index (κ3) is 2.15. The summed E-state index contributed by atoms with van der Waals surface area (Å²) in [7, 11) is 0. The van der Waals surface area contributed by atoms with Crippen LogP contribution in [-0.2, 0) is 12.3 Å². The first-order valence-electron chi connectivity index (χ1n) is 5.37. The molecule has 3 heteroatoms. The number of aromatic amines is 1. The predicted molar refractivity (Wildman–Crippen MR) is 64.3 cm³/mol. The van der Waals surface area contributed by atoms with Crippen molar-refractivity contribution in [1.82, 2.24) is 9.97 Å². The number of alkyl halides is 1. The van der Waals surface area contributed by atoms with Crippen LogP contribution in [0, 0.1) is 0 Å². The number of unbranched alkanes of at least 4 members (excludes halogenated alkanes) is 1. The van der Waals surface area contributed by atoms with E-state index in [2.05, 4.69) is 29.0 Å². The van der Waals surface area contributed by atoms with E-state index in [9.17, 15) is 0 Å². The number of halogens is 1. The molecule has 0 saturated heterocycles. The smallest absolute Gasteiger partial charge is 0.122 e. The third-order valence-corrected chi connectivity index (χ3v) is 2.82. The van der Waals surface area contributed by atoms with Crippen LogP contribution in [0.2, 0.25) is 0 Å². The number of rotatable bonds is 4. The lowest BCUT2D eigenvalue weighted by atomic mass is 10.1. The molecule has 0 aliphatic carbocycles. The topological polar surface area (TPSA) is 28.7 Å². The molecular weight excluding hydrogens is 208 g/mol. The van der Waals surface area contributed by atoms with Gasteiger partial charge in [0.2, 0.25) is 0 Å². The lowest BCUT2D eigenvalue weighted by Gasteiger charge is -1.99. The molecule has 80 valence electrons. The minimum atomic E-state index is 0.446. The maximum absolute atomic E-state index is 5.76. The van der Waals surface area contributed by atoms with Gasteiger partial charge in [-0.3, -0.25) is 0 Å². The molecule has 1 aromatic carbocycles. The molecule has 0 aliphatic rings. The summed E-state index contributed by atoms with van der Waals surface area (Å²) in [4.78, 5) is 7.72. The summed E-state index contributed by atoms with van der Waals surface area (Å²) >= 11 is 5.76. The van der Waals surface area contributed by atoms with E-state index in [1.807, 2.05) is 6.07 Å². The second-order valence-corrected chi connectivity index (χ2v) is 4.00. The Morgan fingerprint density at radius 3 is 3.00 bits per heavy atom. The minimum Gasteiger partial charge on any atom is -0.341 e. The van der Waals surface area contributed by atoms with Crippen molar-refractivity contribution in [2.24, 2.45) is 0 Å². The zero-order valence-electron chi connectivity index (χ0n) is 8.89. The van der Waals surface area contributed by atoms with Gasteiger partial charge in [0.25, 0.3) is 0 Å². The quantitative estimate of drug-likeness (QED) is 0.787. The number of imidazole rings is 1. The van der Waals surface area contributed by atoms with Crippen molar-refractivity contribution in [3.05, 3.63) is 29.6 Å². The van der Waals surface area contributed by atoms with Gasteiger partial charge in [-0.2, -0.15) is 0 Å². The Kier molecular flexibility index (Phi) is 3.27. The summed E-state index contributed by atoms with van der Waals surface area (Å²) < 4.78 is 0. The van der Waals surface area contributed by atoms with E-state index >= 15 is 0 Å². The molecule has 0 radical (unpaired) electrons. The molecule has 0 spiro atoms. The molecule has 0 bridgehead atoms. The molecule has 2 rings (SSSR count). The van der Waals surface area contributed by atoms with E-state index in [1.165, 1.54) is 18.4 Å². The monoisotopic (exact) mass is 222 g/mol. The first-order chi connectivity index (χ1) is 7.35. The number of nitrogens with zero attached hydrogens (tertiary/aromatic N) is 1. The highest BCUT2D eigenvalue weighted by molar-refractivity contribution is 6.16. The van der Waals surface area contributed by atoms with Crippen LogP contribution in [0.25, 0.3) is 11.0 Å². The SMILES string of the molecule is CCCCc1cccc2[nH]c(CCl)nc12. The van der Waals surface area contributed by atoms with Crippen molar-refractivity contribution in [3.8, 4) is 0 Å². The molecule has 0 atom stereocenters. The van der Waals surface area contributed by atoms with Gasteiger partial charge >= 0.3 is 0 Å². The van der Waals surface area contributed by atoms with Gasteiger partial charge in [-0.15, -0.1) is 11.6 Å². The maximum Gasteiger partial charge on any atom is 0.122 e. The van der Waals surface area contributed by atoms with Crippen molar-refractivity contribution in [3.63, 3.8) is 0 Å². The highest BCUT2D eigenvalue weighted by Gasteiger charge is 2.05. The molecule has 2 nitrogen and oxygen atoms in total. The normalized spacial score (nSPS) is 11.1. The lowest BCUT2D eigenvalue weighted by molar-refractivity contribution is 0.798. The summed E-state index contributed by atoms with van der Waals surface area (Å²) in [5.41, 5.74) is 3.50. The van der Waals surface area contributed by atoms with Crippen LogP contribution in [0.3, 0.4) is 0 Å². The fourth-order valence-electron chi connectivity index (χ4n) is 1.77. The van der Waals surface area contributed by atoms with E-state index in [0.29, 0.717) is 5.88 Å². The van der Waals surface area contributed by atoms with E-state index < -0.39 is 0 Å². The largest absolute Gasteiger partial charge is 0.341 e. The van der Waals surface area contributed by atoms with Crippen LogP contribution in [0.15, 0.2) is 18.2 Å². The zero-order valence-corrected chi connectivity index (χ0v) is 9.64. The van der Waals surface area contributed by atoms with Crippen molar-refractivity contribution >= 4 is 22.6 Å².